The maximum atomic E-state index is 5.45. The Morgan fingerprint density at radius 1 is 1.60 bits per heavy atom. The quantitative estimate of drug-likeness (QED) is 0.318. The van der Waals surface area contributed by atoms with Gasteiger partial charge in [0.15, 0.2) is 5.79 Å². The van der Waals surface area contributed by atoms with Crippen molar-refractivity contribution in [2.24, 2.45) is 22.2 Å². The third-order valence-corrected chi connectivity index (χ3v) is 1.12. The van der Waals surface area contributed by atoms with Crippen molar-refractivity contribution in [3.8, 4) is 0 Å². The maximum absolute atomic E-state index is 5.45. The SMILES string of the molecule is NCC1=NC(N)(N)C=CN1. The number of rotatable bonds is 1. The molecule has 1 aliphatic heterocycles. The van der Waals surface area contributed by atoms with E-state index in [1.165, 1.54) is 0 Å². The van der Waals surface area contributed by atoms with E-state index in [4.69, 9.17) is 17.2 Å². The lowest BCUT2D eigenvalue weighted by atomic mass is 10.3. The smallest absolute Gasteiger partial charge is 0.183 e. The van der Waals surface area contributed by atoms with Gasteiger partial charge in [0.05, 0.1) is 6.54 Å². The van der Waals surface area contributed by atoms with Gasteiger partial charge >= 0.3 is 0 Å². The van der Waals surface area contributed by atoms with Gasteiger partial charge < -0.3 is 11.1 Å². The standard InChI is InChI=1S/C5H11N5/c6-3-4-9-2-1-5(7,8)10-4/h1-2H,3,6-8H2,(H,9,10). The summed E-state index contributed by atoms with van der Waals surface area (Å²) in [5.74, 6) is -0.479. The molecule has 10 heavy (non-hydrogen) atoms. The fraction of sp³-hybridized carbons (Fsp3) is 0.400. The predicted molar refractivity (Wildman–Crippen MR) is 39.9 cm³/mol. The molecular weight excluding hydrogens is 130 g/mol. The zero-order valence-corrected chi connectivity index (χ0v) is 5.54. The van der Waals surface area contributed by atoms with Crippen molar-refractivity contribution in [2.75, 3.05) is 6.54 Å². The highest BCUT2D eigenvalue weighted by Crippen LogP contribution is 1.98. The number of hydrogen-bond acceptors (Lipinski definition) is 5. The van der Waals surface area contributed by atoms with E-state index in [1.54, 1.807) is 12.3 Å². The molecule has 1 aliphatic rings. The summed E-state index contributed by atoms with van der Waals surface area (Å²) in [7, 11) is 0. The van der Waals surface area contributed by atoms with Crippen LogP contribution in [0.15, 0.2) is 17.3 Å². The minimum Gasteiger partial charge on any atom is -0.349 e. The van der Waals surface area contributed by atoms with Crippen LogP contribution in [0.25, 0.3) is 0 Å². The van der Waals surface area contributed by atoms with Crippen LogP contribution in [0.3, 0.4) is 0 Å². The zero-order chi connectivity index (χ0) is 7.61. The van der Waals surface area contributed by atoms with Crippen LogP contribution in [-0.2, 0) is 0 Å². The molecule has 0 aliphatic carbocycles. The van der Waals surface area contributed by atoms with Crippen molar-refractivity contribution in [3.05, 3.63) is 12.3 Å². The molecule has 1 rings (SSSR count). The number of nitrogens with two attached hydrogens (primary N) is 3. The third-order valence-electron chi connectivity index (χ3n) is 1.12. The Balaban J connectivity index is 2.73. The Morgan fingerprint density at radius 2 is 2.30 bits per heavy atom. The van der Waals surface area contributed by atoms with Gasteiger partial charge in [-0.25, -0.2) is 4.99 Å². The first-order valence-corrected chi connectivity index (χ1v) is 2.95. The van der Waals surface area contributed by atoms with Gasteiger partial charge in [-0.05, 0) is 6.08 Å². The molecule has 0 aromatic carbocycles. The van der Waals surface area contributed by atoms with E-state index >= 15 is 0 Å². The second-order valence-electron chi connectivity index (χ2n) is 2.13. The normalized spacial score (nSPS) is 21.7. The summed E-state index contributed by atoms with van der Waals surface area (Å²) in [4.78, 5) is 3.88. The first kappa shape index (κ1) is 7.20. The monoisotopic (exact) mass is 141 g/mol. The van der Waals surface area contributed by atoms with Crippen LogP contribution < -0.4 is 22.5 Å². The van der Waals surface area contributed by atoms with Crippen LogP contribution >= 0.6 is 0 Å². The van der Waals surface area contributed by atoms with Gasteiger partial charge in [0, 0.05) is 6.20 Å². The molecule has 0 amide bonds. The third kappa shape index (κ3) is 1.53. The van der Waals surface area contributed by atoms with E-state index in [2.05, 4.69) is 10.3 Å². The summed E-state index contributed by atoms with van der Waals surface area (Å²) in [6.45, 7) is 0.320. The highest BCUT2D eigenvalue weighted by molar-refractivity contribution is 5.86. The molecule has 0 atom stereocenters. The Hall–Kier alpha value is -0.910. The van der Waals surface area contributed by atoms with Crippen LogP contribution in [0.1, 0.15) is 0 Å². The molecule has 7 N–H and O–H groups in total. The van der Waals surface area contributed by atoms with Gasteiger partial charge in [-0.2, -0.15) is 0 Å². The Labute approximate surface area is 59.0 Å². The van der Waals surface area contributed by atoms with Crippen LogP contribution in [0.4, 0.5) is 0 Å². The zero-order valence-electron chi connectivity index (χ0n) is 5.54. The Bertz CT molecular complexity index is 180. The van der Waals surface area contributed by atoms with Gasteiger partial charge in [-0.3, -0.25) is 11.5 Å². The van der Waals surface area contributed by atoms with E-state index in [1.807, 2.05) is 0 Å². The molecule has 0 spiro atoms. The summed E-state index contributed by atoms with van der Waals surface area (Å²) >= 11 is 0. The fourth-order valence-electron chi connectivity index (χ4n) is 0.679. The highest BCUT2D eigenvalue weighted by Gasteiger charge is 2.16. The number of nitrogens with one attached hydrogen (secondary N) is 1. The summed E-state index contributed by atoms with van der Waals surface area (Å²) < 4.78 is 0. The molecule has 0 aromatic heterocycles. The molecule has 56 valence electrons. The fourth-order valence-corrected chi connectivity index (χ4v) is 0.679. The second-order valence-corrected chi connectivity index (χ2v) is 2.13. The first-order chi connectivity index (χ1) is 4.64. The van der Waals surface area contributed by atoms with Gasteiger partial charge in [0.2, 0.25) is 0 Å². The number of hydrogen-bond donors (Lipinski definition) is 4. The second kappa shape index (κ2) is 2.37. The van der Waals surface area contributed by atoms with Crippen molar-refractivity contribution in [3.63, 3.8) is 0 Å². The predicted octanol–water partition coefficient (Wildman–Crippen LogP) is -1.97. The Morgan fingerprint density at radius 3 is 2.70 bits per heavy atom. The lowest BCUT2D eigenvalue weighted by molar-refractivity contribution is 0.572. The van der Waals surface area contributed by atoms with E-state index in [9.17, 15) is 0 Å². The molecule has 0 bridgehead atoms. The molecule has 5 heteroatoms. The summed E-state index contributed by atoms with van der Waals surface area (Å²) in [5, 5.41) is 2.81. The number of nitrogens with zero attached hydrogens (tertiary/aromatic N) is 1. The van der Waals surface area contributed by atoms with E-state index in [-0.39, 0.29) is 0 Å². The molecule has 0 saturated heterocycles. The molecule has 5 nitrogen and oxygen atoms in total. The van der Waals surface area contributed by atoms with Crippen molar-refractivity contribution in [1.29, 1.82) is 0 Å². The maximum Gasteiger partial charge on any atom is 0.183 e. The van der Waals surface area contributed by atoms with Crippen LogP contribution in [0, 0.1) is 0 Å². The molecule has 0 saturated carbocycles. The molecular formula is C5H11N5. The van der Waals surface area contributed by atoms with E-state index in [0.29, 0.717) is 12.4 Å². The molecule has 0 fully saturated rings. The molecule has 0 aromatic rings. The Kier molecular flexibility index (Phi) is 1.71. The van der Waals surface area contributed by atoms with Gasteiger partial charge in [-0.1, -0.05) is 0 Å². The minimum atomic E-state index is -1.08. The average Bonchev–Trinajstić information content (AvgIpc) is 1.86. The van der Waals surface area contributed by atoms with Crippen LogP contribution in [-0.4, -0.2) is 18.2 Å². The van der Waals surface area contributed by atoms with Gasteiger partial charge in [-0.15, -0.1) is 0 Å². The van der Waals surface area contributed by atoms with Crippen molar-refractivity contribution in [1.82, 2.24) is 5.32 Å². The molecule has 0 radical (unpaired) electrons. The van der Waals surface area contributed by atoms with Crippen LogP contribution in [0.2, 0.25) is 0 Å². The average molecular weight is 141 g/mol. The lowest BCUT2D eigenvalue weighted by Gasteiger charge is -2.20. The molecule has 1 heterocycles. The molecule has 0 unspecified atom stereocenters. The summed E-state index contributed by atoms with van der Waals surface area (Å²) in [6, 6.07) is 0. The minimum absolute atomic E-state index is 0.320. The summed E-state index contributed by atoms with van der Waals surface area (Å²) in [6.07, 6.45) is 3.20. The van der Waals surface area contributed by atoms with Crippen molar-refractivity contribution in [2.45, 2.75) is 5.79 Å². The van der Waals surface area contributed by atoms with Crippen molar-refractivity contribution >= 4 is 5.84 Å². The van der Waals surface area contributed by atoms with Crippen LogP contribution in [0.5, 0.6) is 0 Å². The lowest BCUT2D eigenvalue weighted by Crippen LogP contribution is -2.50. The highest BCUT2D eigenvalue weighted by atomic mass is 15.2. The first-order valence-electron chi connectivity index (χ1n) is 2.95. The van der Waals surface area contributed by atoms with E-state index in [0.717, 1.165) is 0 Å². The topological polar surface area (TPSA) is 102 Å². The number of aliphatic imine (C=N–C) groups is 1. The van der Waals surface area contributed by atoms with Gasteiger partial charge in [0.25, 0.3) is 0 Å². The van der Waals surface area contributed by atoms with E-state index < -0.39 is 5.79 Å². The number of amidine groups is 1. The van der Waals surface area contributed by atoms with Crippen molar-refractivity contribution < 1.29 is 0 Å². The van der Waals surface area contributed by atoms with Gasteiger partial charge in [0.1, 0.15) is 5.84 Å². The summed E-state index contributed by atoms with van der Waals surface area (Å²) in [5.41, 5.74) is 16.2. The largest absolute Gasteiger partial charge is 0.349 e.